The van der Waals surface area contributed by atoms with Crippen molar-refractivity contribution in [3.05, 3.63) is 65.2 Å². The molecule has 1 atom stereocenters. The molecule has 2 aromatic carbocycles. The summed E-state index contributed by atoms with van der Waals surface area (Å²) in [4.78, 5) is 0. The summed E-state index contributed by atoms with van der Waals surface area (Å²) in [6.45, 7) is -3.06. The van der Waals surface area contributed by atoms with Crippen LogP contribution in [0.1, 0.15) is 17.2 Å². The number of aliphatic hydroxyl groups excluding tert-OH is 1. The number of para-hydroxylation sites is 1. The molecular formula is C14H10F4O2. The van der Waals surface area contributed by atoms with Gasteiger partial charge in [-0.2, -0.15) is 8.78 Å². The van der Waals surface area contributed by atoms with Gasteiger partial charge in [0.2, 0.25) is 0 Å². The number of alkyl halides is 2. The molecule has 0 bridgehead atoms. The van der Waals surface area contributed by atoms with Crippen LogP contribution in [0.3, 0.4) is 0 Å². The Morgan fingerprint density at radius 1 is 0.950 bits per heavy atom. The van der Waals surface area contributed by atoms with Gasteiger partial charge in [0.05, 0.1) is 0 Å². The van der Waals surface area contributed by atoms with E-state index >= 15 is 0 Å². The van der Waals surface area contributed by atoms with Crippen LogP contribution < -0.4 is 4.74 Å². The van der Waals surface area contributed by atoms with Crippen molar-refractivity contribution in [2.45, 2.75) is 12.7 Å². The van der Waals surface area contributed by atoms with Crippen molar-refractivity contribution in [3.63, 3.8) is 0 Å². The van der Waals surface area contributed by atoms with Crippen LogP contribution >= 0.6 is 0 Å². The monoisotopic (exact) mass is 286 g/mol. The van der Waals surface area contributed by atoms with Crippen LogP contribution in [-0.2, 0) is 0 Å². The van der Waals surface area contributed by atoms with Crippen molar-refractivity contribution in [2.24, 2.45) is 0 Å². The first-order valence-electron chi connectivity index (χ1n) is 5.65. The maximum atomic E-state index is 13.1. The summed E-state index contributed by atoms with van der Waals surface area (Å²) in [6, 6.07) is 8.01. The molecule has 20 heavy (non-hydrogen) atoms. The Bertz CT molecular complexity index is 581. The van der Waals surface area contributed by atoms with E-state index in [0.29, 0.717) is 6.07 Å². The zero-order valence-electron chi connectivity index (χ0n) is 10.1. The first kappa shape index (κ1) is 14.3. The van der Waals surface area contributed by atoms with E-state index in [1.165, 1.54) is 24.3 Å². The van der Waals surface area contributed by atoms with E-state index < -0.39 is 24.3 Å². The minimum Gasteiger partial charge on any atom is -0.434 e. The van der Waals surface area contributed by atoms with Crippen LogP contribution in [0, 0.1) is 11.6 Å². The lowest BCUT2D eigenvalue weighted by molar-refractivity contribution is -0.0512. The largest absolute Gasteiger partial charge is 0.434 e. The van der Waals surface area contributed by atoms with E-state index in [0.717, 1.165) is 12.1 Å². The molecule has 0 aliphatic carbocycles. The van der Waals surface area contributed by atoms with Gasteiger partial charge in [-0.05, 0) is 23.8 Å². The summed E-state index contributed by atoms with van der Waals surface area (Å²) in [5.41, 5.74) is -0.0920. The van der Waals surface area contributed by atoms with E-state index in [1.54, 1.807) is 0 Å². The van der Waals surface area contributed by atoms with Crippen LogP contribution in [0.4, 0.5) is 17.6 Å². The highest BCUT2D eigenvalue weighted by molar-refractivity contribution is 5.40. The fraction of sp³-hybridized carbons (Fsp3) is 0.143. The minimum atomic E-state index is -3.06. The summed E-state index contributed by atoms with van der Waals surface area (Å²) in [5.74, 6) is -1.99. The van der Waals surface area contributed by atoms with Gasteiger partial charge >= 0.3 is 6.61 Å². The Morgan fingerprint density at radius 2 is 1.55 bits per heavy atom. The highest BCUT2D eigenvalue weighted by atomic mass is 19.3. The van der Waals surface area contributed by atoms with Gasteiger partial charge in [0, 0.05) is 11.6 Å². The van der Waals surface area contributed by atoms with Gasteiger partial charge < -0.3 is 9.84 Å². The lowest BCUT2D eigenvalue weighted by Gasteiger charge is -2.16. The maximum absolute atomic E-state index is 13.1. The van der Waals surface area contributed by atoms with Crippen LogP contribution in [0.15, 0.2) is 42.5 Å². The molecule has 0 spiro atoms. The lowest BCUT2D eigenvalue weighted by atomic mass is 10.0. The molecule has 1 unspecified atom stereocenters. The molecule has 0 heterocycles. The molecular weight excluding hydrogens is 276 g/mol. The fourth-order valence-electron chi connectivity index (χ4n) is 1.82. The van der Waals surface area contributed by atoms with Crippen LogP contribution in [-0.4, -0.2) is 11.7 Å². The predicted molar refractivity (Wildman–Crippen MR) is 63.5 cm³/mol. The summed E-state index contributed by atoms with van der Waals surface area (Å²) < 4.78 is 55.0. The summed E-state index contributed by atoms with van der Waals surface area (Å²) in [6.07, 6.45) is -1.48. The molecule has 0 amide bonds. The van der Waals surface area contributed by atoms with Gasteiger partial charge in [0.15, 0.2) is 0 Å². The first-order chi connectivity index (χ1) is 9.47. The lowest BCUT2D eigenvalue weighted by Crippen LogP contribution is -2.08. The maximum Gasteiger partial charge on any atom is 0.387 e. The van der Waals surface area contributed by atoms with Crippen molar-refractivity contribution in [3.8, 4) is 5.75 Å². The molecule has 0 aliphatic heterocycles. The standard InChI is InChI=1S/C14H10F4O2/c15-9-5-8(6-10(16)7-9)13(19)11-3-1-2-4-12(11)20-14(17)18/h1-7,13-14,19H. The molecule has 2 nitrogen and oxygen atoms in total. The summed E-state index contributed by atoms with van der Waals surface area (Å²) in [7, 11) is 0. The smallest absolute Gasteiger partial charge is 0.387 e. The average Bonchev–Trinajstić information content (AvgIpc) is 2.36. The Labute approximate surface area is 112 Å². The van der Waals surface area contributed by atoms with E-state index in [9.17, 15) is 22.7 Å². The zero-order chi connectivity index (χ0) is 14.7. The van der Waals surface area contributed by atoms with Crippen molar-refractivity contribution in [1.82, 2.24) is 0 Å². The van der Waals surface area contributed by atoms with E-state index in [1.807, 2.05) is 0 Å². The second kappa shape index (κ2) is 5.92. The van der Waals surface area contributed by atoms with Crippen molar-refractivity contribution >= 4 is 0 Å². The summed E-state index contributed by atoms with van der Waals surface area (Å²) >= 11 is 0. The number of halogens is 4. The molecule has 2 rings (SSSR count). The third-order valence-corrected chi connectivity index (χ3v) is 2.63. The molecule has 1 N–H and O–H groups in total. The molecule has 0 fully saturated rings. The number of ether oxygens (including phenoxy) is 1. The quantitative estimate of drug-likeness (QED) is 0.869. The second-order valence-electron chi connectivity index (χ2n) is 4.02. The Hall–Kier alpha value is -2.08. The predicted octanol–water partition coefficient (Wildman–Crippen LogP) is 3.65. The van der Waals surface area contributed by atoms with E-state index in [-0.39, 0.29) is 16.9 Å². The van der Waals surface area contributed by atoms with Gasteiger partial charge in [0.1, 0.15) is 23.5 Å². The minimum absolute atomic E-state index is 0.00204. The van der Waals surface area contributed by atoms with E-state index in [4.69, 9.17) is 0 Å². The number of hydrogen-bond donors (Lipinski definition) is 1. The Balaban J connectivity index is 2.39. The van der Waals surface area contributed by atoms with Gasteiger partial charge in [-0.1, -0.05) is 18.2 Å². The highest BCUT2D eigenvalue weighted by Crippen LogP contribution is 2.31. The zero-order valence-corrected chi connectivity index (χ0v) is 10.1. The topological polar surface area (TPSA) is 29.5 Å². The number of aliphatic hydroxyl groups is 1. The number of benzene rings is 2. The molecule has 0 aromatic heterocycles. The SMILES string of the molecule is OC(c1cc(F)cc(F)c1)c1ccccc1OC(F)F. The first-order valence-corrected chi connectivity index (χ1v) is 5.65. The van der Waals surface area contributed by atoms with Crippen molar-refractivity contribution in [1.29, 1.82) is 0 Å². The normalized spacial score (nSPS) is 12.5. The van der Waals surface area contributed by atoms with Gasteiger partial charge in [-0.25, -0.2) is 8.78 Å². The van der Waals surface area contributed by atoms with Crippen LogP contribution in [0.25, 0.3) is 0 Å². The third kappa shape index (κ3) is 3.27. The number of hydrogen-bond acceptors (Lipinski definition) is 2. The van der Waals surface area contributed by atoms with Crippen molar-refractivity contribution in [2.75, 3.05) is 0 Å². The summed E-state index contributed by atoms with van der Waals surface area (Å²) in [5, 5.41) is 10.1. The molecule has 0 saturated carbocycles. The fourth-order valence-corrected chi connectivity index (χ4v) is 1.82. The Kier molecular flexibility index (Phi) is 4.24. The molecule has 0 radical (unpaired) electrons. The van der Waals surface area contributed by atoms with Crippen LogP contribution in [0.2, 0.25) is 0 Å². The molecule has 2 aromatic rings. The molecule has 0 saturated heterocycles. The van der Waals surface area contributed by atoms with Gasteiger partial charge in [-0.3, -0.25) is 0 Å². The molecule has 6 heteroatoms. The highest BCUT2D eigenvalue weighted by Gasteiger charge is 2.18. The Morgan fingerprint density at radius 3 is 2.15 bits per heavy atom. The average molecular weight is 286 g/mol. The van der Waals surface area contributed by atoms with Gasteiger partial charge in [0.25, 0.3) is 0 Å². The van der Waals surface area contributed by atoms with Gasteiger partial charge in [-0.15, -0.1) is 0 Å². The third-order valence-electron chi connectivity index (χ3n) is 2.63. The van der Waals surface area contributed by atoms with Crippen molar-refractivity contribution < 1.29 is 27.4 Å². The number of rotatable bonds is 4. The molecule has 106 valence electrons. The molecule has 0 aliphatic rings. The second-order valence-corrected chi connectivity index (χ2v) is 4.02. The van der Waals surface area contributed by atoms with Crippen LogP contribution in [0.5, 0.6) is 5.75 Å². The van der Waals surface area contributed by atoms with E-state index in [2.05, 4.69) is 4.74 Å².